The van der Waals surface area contributed by atoms with E-state index in [2.05, 4.69) is 15.3 Å². The first-order valence-electron chi connectivity index (χ1n) is 13.2. The van der Waals surface area contributed by atoms with E-state index in [9.17, 15) is 36.3 Å². The van der Waals surface area contributed by atoms with Gasteiger partial charge in [0.05, 0.1) is 52.4 Å². The Morgan fingerprint density at radius 1 is 1.16 bits per heavy atom. The molecule has 3 fully saturated rings. The zero-order valence-electron chi connectivity index (χ0n) is 23.4. The minimum absolute atomic E-state index is 0. The SMILES string of the molecule is CNC1CN(C(=O)c2c(C)cc(C(F)(F)F)nc2-c2ccnc3cc(CN4C(=O)C5C(C4=O)C5(C)C)sc23)CC1(F)F.Cl. The number of nitrogens with one attached hydrogen (secondary N) is 1. The van der Waals surface area contributed by atoms with Crippen LogP contribution in [0.25, 0.3) is 21.5 Å². The van der Waals surface area contributed by atoms with Crippen LogP contribution in [-0.4, -0.2) is 69.6 Å². The Bertz CT molecular complexity index is 1650. The molecule has 3 amide bonds. The number of likely N-dealkylation sites (tertiary alicyclic amines) is 2. The van der Waals surface area contributed by atoms with Gasteiger partial charge in [0.1, 0.15) is 5.69 Å². The molecule has 0 spiro atoms. The maximum absolute atomic E-state index is 14.5. The average Bonchev–Trinajstić information content (AvgIpc) is 3.19. The van der Waals surface area contributed by atoms with E-state index in [1.165, 1.54) is 31.1 Å². The summed E-state index contributed by atoms with van der Waals surface area (Å²) in [5.74, 6) is -5.33. The number of rotatable bonds is 5. The molecule has 1 saturated carbocycles. The molecular formula is C28H27ClF5N5O3S. The number of pyridine rings is 2. The summed E-state index contributed by atoms with van der Waals surface area (Å²) in [4.78, 5) is 50.2. The van der Waals surface area contributed by atoms with Gasteiger partial charge in [0.15, 0.2) is 0 Å². The number of aryl methyl sites for hydroxylation is 1. The van der Waals surface area contributed by atoms with E-state index < -0.39 is 36.3 Å². The average molecular weight is 644 g/mol. The van der Waals surface area contributed by atoms with E-state index in [4.69, 9.17) is 0 Å². The van der Waals surface area contributed by atoms with Gasteiger partial charge in [-0.3, -0.25) is 24.3 Å². The topological polar surface area (TPSA) is 95.5 Å². The first-order valence-corrected chi connectivity index (χ1v) is 14.0. The summed E-state index contributed by atoms with van der Waals surface area (Å²) in [6.45, 7) is 3.80. The van der Waals surface area contributed by atoms with Gasteiger partial charge >= 0.3 is 6.18 Å². The largest absolute Gasteiger partial charge is 0.433 e. The van der Waals surface area contributed by atoms with Gasteiger partial charge in [-0.1, -0.05) is 13.8 Å². The number of likely N-dealkylation sites (N-methyl/N-ethyl adjacent to an activating group) is 1. The number of hydrogen-bond donors (Lipinski definition) is 1. The maximum Gasteiger partial charge on any atom is 0.433 e. The number of nitrogens with zero attached hydrogens (tertiary/aromatic N) is 4. The molecule has 3 atom stereocenters. The van der Waals surface area contributed by atoms with Crippen molar-refractivity contribution >= 4 is 51.7 Å². The molecule has 2 saturated heterocycles. The first kappa shape index (κ1) is 31.2. The van der Waals surface area contributed by atoms with Crippen LogP contribution in [0.15, 0.2) is 24.4 Å². The summed E-state index contributed by atoms with van der Waals surface area (Å²) in [7, 11) is 1.35. The number of piperidine rings is 1. The second-order valence-electron chi connectivity index (χ2n) is 11.7. The van der Waals surface area contributed by atoms with E-state index in [0.717, 1.165) is 22.3 Å². The van der Waals surface area contributed by atoms with Crippen LogP contribution in [0.1, 0.15) is 40.3 Å². The fourth-order valence-corrected chi connectivity index (χ4v) is 7.37. The highest BCUT2D eigenvalue weighted by molar-refractivity contribution is 7.19. The van der Waals surface area contributed by atoms with Crippen molar-refractivity contribution in [1.29, 1.82) is 0 Å². The van der Waals surface area contributed by atoms with Crippen LogP contribution < -0.4 is 5.32 Å². The Morgan fingerprint density at radius 3 is 2.40 bits per heavy atom. The van der Waals surface area contributed by atoms with E-state index in [1.54, 1.807) is 6.07 Å². The maximum atomic E-state index is 14.5. The monoisotopic (exact) mass is 643 g/mol. The molecule has 15 heteroatoms. The molecule has 0 aromatic carbocycles. The fraction of sp³-hybridized carbons (Fsp3) is 0.464. The molecule has 3 aliphatic rings. The van der Waals surface area contributed by atoms with Gasteiger partial charge in [-0.2, -0.15) is 13.2 Å². The first-order chi connectivity index (χ1) is 19.6. The van der Waals surface area contributed by atoms with E-state index >= 15 is 0 Å². The van der Waals surface area contributed by atoms with Crippen molar-refractivity contribution in [3.8, 4) is 11.3 Å². The third-order valence-electron chi connectivity index (χ3n) is 8.59. The molecule has 3 unspecified atom stereocenters. The zero-order chi connectivity index (χ0) is 30.5. The summed E-state index contributed by atoms with van der Waals surface area (Å²) >= 11 is 1.12. The molecule has 43 heavy (non-hydrogen) atoms. The van der Waals surface area contributed by atoms with E-state index in [0.29, 0.717) is 15.1 Å². The zero-order valence-corrected chi connectivity index (χ0v) is 25.0. The summed E-state index contributed by atoms with van der Waals surface area (Å²) in [5, 5.41) is 2.49. The molecule has 1 aliphatic carbocycles. The van der Waals surface area contributed by atoms with Gasteiger partial charge < -0.3 is 10.2 Å². The van der Waals surface area contributed by atoms with Crippen molar-refractivity contribution in [3.63, 3.8) is 0 Å². The van der Waals surface area contributed by atoms with Crippen LogP contribution in [-0.2, 0) is 22.3 Å². The van der Waals surface area contributed by atoms with E-state index in [1.807, 2.05) is 13.8 Å². The minimum Gasteiger partial charge on any atom is -0.331 e. The highest BCUT2D eigenvalue weighted by Gasteiger charge is 2.72. The van der Waals surface area contributed by atoms with Crippen molar-refractivity contribution in [2.45, 2.75) is 45.5 Å². The Balaban J connectivity index is 0.00000368. The molecule has 230 valence electrons. The highest BCUT2D eigenvalue weighted by atomic mass is 35.5. The van der Waals surface area contributed by atoms with Crippen LogP contribution in [0.5, 0.6) is 0 Å². The number of carbonyl (C=O) groups excluding carboxylic acids is 3. The van der Waals surface area contributed by atoms with Gasteiger partial charge in [0, 0.05) is 23.2 Å². The highest BCUT2D eigenvalue weighted by Crippen LogP contribution is 2.63. The number of aromatic nitrogens is 2. The van der Waals surface area contributed by atoms with Crippen molar-refractivity contribution < 1.29 is 36.3 Å². The Morgan fingerprint density at radius 2 is 1.81 bits per heavy atom. The summed E-state index contributed by atoms with van der Waals surface area (Å²) in [5.41, 5.74) is -1.66. The van der Waals surface area contributed by atoms with Gasteiger partial charge in [-0.05, 0) is 43.1 Å². The van der Waals surface area contributed by atoms with Crippen molar-refractivity contribution in [1.82, 2.24) is 25.1 Å². The van der Waals surface area contributed by atoms with E-state index in [-0.39, 0.29) is 76.9 Å². The lowest BCUT2D eigenvalue weighted by Gasteiger charge is -2.21. The third-order valence-corrected chi connectivity index (χ3v) is 9.74. The summed E-state index contributed by atoms with van der Waals surface area (Å²) in [6, 6.07) is 2.48. The minimum atomic E-state index is -4.84. The molecular weight excluding hydrogens is 617 g/mol. The van der Waals surface area contributed by atoms with Crippen LogP contribution in [0.4, 0.5) is 22.0 Å². The van der Waals surface area contributed by atoms with Crippen LogP contribution >= 0.6 is 23.7 Å². The van der Waals surface area contributed by atoms with Crippen molar-refractivity contribution in [2.75, 3.05) is 20.1 Å². The van der Waals surface area contributed by atoms with Gasteiger partial charge in [0.25, 0.3) is 11.8 Å². The molecule has 8 nitrogen and oxygen atoms in total. The number of halogens is 6. The molecule has 3 aromatic heterocycles. The fourth-order valence-electron chi connectivity index (χ4n) is 6.25. The summed E-state index contributed by atoms with van der Waals surface area (Å²) in [6.07, 6.45) is -3.48. The number of thiophene rings is 1. The normalized spacial score (nSPS) is 24.0. The van der Waals surface area contributed by atoms with Crippen LogP contribution in [0.3, 0.4) is 0 Å². The second-order valence-corrected chi connectivity index (χ2v) is 12.8. The number of carbonyl (C=O) groups is 3. The molecule has 0 radical (unpaired) electrons. The van der Waals surface area contributed by atoms with Crippen LogP contribution in [0, 0.1) is 24.2 Å². The van der Waals surface area contributed by atoms with Crippen LogP contribution in [0.2, 0.25) is 0 Å². The molecule has 1 N–H and O–H groups in total. The predicted octanol–water partition coefficient (Wildman–Crippen LogP) is 4.93. The molecule has 0 bridgehead atoms. The number of hydrogen-bond acceptors (Lipinski definition) is 7. The van der Waals surface area contributed by atoms with Gasteiger partial charge in [-0.15, -0.1) is 23.7 Å². The predicted molar refractivity (Wildman–Crippen MR) is 150 cm³/mol. The number of fused-ring (bicyclic) bond motifs is 2. The third kappa shape index (κ3) is 4.87. The lowest BCUT2D eigenvalue weighted by atomic mass is 9.99. The van der Waals surface area contributed by atoms with Crippen molar-refractivity contribution in [2.24, 2.45) is 17.3 Å². The Kier molecular flexibility index (Phi) is 7.37. The number of imide groups is 1. The number of amides is 3. The Labute approximate surface area is 253 Å². The Hall–Kier alpha value is -3.23. The molecule has 3 aromatic rings. The number of alkyl halides is 5. The van der Waals surface area contributed by atoms with Gasteiger partial charge in [0.2, 0.25) is 11.8 Å². The molecule has 2 aliphatic heterocycles. The van der Waals surface area contributed by atoms with Gasteiger partial charge in [-0.25, -0.2) is 13.8 Å². The standard InChI is InChI=1S/C28H26F5N5O3S.ClH/c1-12-7-16(28(31,32)33)36-21(18(12)23(39)37-10-17(34-4)27(29,30)11-37)14-5-6-35-15-8-13(42-22(14)15)9-38-24(40)19-20(25(38)41)26(19,2)3;/h5-8,17,19-20,34H,9-11H2,1-4H3;1H. The quantitative estimate of drug-likeness (QED) is 0.313. The smallest absolute Gasteiger partial charge is 0.331 e. The lowest BCUT2D eigenvalue weighted by Crippen LogP contribution is -2.41. The molecule has 5 heterocycles. The molecule has 6 rings (SSSR count). The lowest BCUT2D eigenvalue weighted by molar-refractivity contribution is -0.144. The van der Waals surface area contributed by atoms with Crippen molar-refractivity contribution in [3.05, 3.63) is 46.1 Å². The second kappa shape index (κ2) is 10.2. The summed E-state index contributed by atoms with van der Waals surface area (Å²) < 4.78 is 71.0.